The number of hydrogen-bond donors (Lipinski definition) is 3. The minimum atomic E-state index is -0.241. The van der Waals surface area contributed by atoms with Gasteiger partial charge in [-0.3, -0.25) is 15.5 Å². The molecule has 0 aliphatic heterocycles. The first-order valence-electron chi connectivity index (χ1n) is 4.17. The van der Waals surface area contributed by atoms with Gasteiger partial charge in [-0.1, -0.05) is 15.9 Å². The van der Waals surface area contributed by atoms with E-state index in [-0.39, 0.29) is 11.0 Å². The Hall–Kier alpha value is -0.980. The van der Waals surface area contributed by atoms with Crippen molar-refractivity contribution >= 4 is 39.2 Å². The third kappa shape index (κ3) is 3.94. The van der Waals surface area contributed by atoms with E-state index in [1.807, 2.05) is 0 Å². The summed E-state index contributed by atoms with van der Waals surface area (Å²) in [5.41, 5.74) is 5.77. The predicted molar refractivity (Wildman–Crippen MR) is 66.4 cm³/mol. The topological polar surface area (TPSA) is 53.2 Å². The van der Waals surface area contributed by atoms with Crippen molar-refractivity contribution in [3.63, 3.8) is 0 Å². The van der Waals surface area contributed by atoms with Gasteiger partial charge in [0.2, 0.25) is 0 Å². The summed E-state index contributed by atoms with van der Waals surface area (Å²) in [6, 6.07) is 7.01. The summed E-state index contributed by atoms with van der Waals surface area (Å²) in [6.07, 6.45) is 0. The SMILES string of the molecule is CNNC(=S)NC(=O)c1ccc(Br)cc1. The standard InChI is InChI=1S/C9H10BrN3OS/c1-11-13-9(15)12-8(14)6-2-4-7(10)5-3-6/h2-5,11H,1H3,(H2,12,13,14,15). The Balaban J connectivity index is 2.61. The minimum absolute atomic E-state index is 0.241. The molecular formula is C9H10BrN3OS. The lowest BCUT2D eigenvalue weighted by Gasteiger charge is -2.07. The molecule has 1 rings (SSSR count). The highest BCUT2D eigenvalue weighted by Crippen LogP contribution is 2.10. The average molecular weight is 288 g/mol. The largest absolute Gasteiger partial charge is 0.298 e. The molecule has 0 spiro atoms. The molecule has 15 heavy (non-hydrogen) atoms. The van der Waals surface area contributed by atoms with Gasteiger partial charge >= 0.3 is 0 Å². The maximum atomic E-state index is 11.6. The zero-order chi connectivity index (χ0) is 11.3. The molecule has 1 aromatic rings. The van der Waals surface area contributed by atoms with Crippen LogP contribution in [0.5, 0.6) is 0 Å². The molecule has 0 saturated heterocycles. The molecule has 1 amide bonds. The van der Waals surface area contributed by atoms with E-state index in [4.69, 9.17) is 12.2 Å². The highest BCUT2D eigenvalue weighted by Gasteiger charge is 2.06. The fourth-order valence-corrected chi connectivity index (χ4v) is 1.38. The smallest absolute Gasteiger partial charge is 0.257 e. The Morgan fingerprint density at radius 2 is 1.93 bits per heavy atom. The number of hydrazine groups is 1. The van der Waals surface area contributed by atoms with Crippen molar-refractivity contribution < 1.29 is 4.79 Å². The predicted octanol–water partition coefficient (Wildman–Crippen LogP) is 1.19. The number of thiocarbonyl (C=S) groups is 1. The first-order chi connectivity index (χ1) is 7.13. The number of carbonyl (C=O) groups excluding carboxylic acids is 1. The first kappa shape index (κ1) is 12.1. The molecule has 0 bridgehead atoms. The van der Waals surface area contributed by atoms with E-state index < -0.39 is 0 Å². The van der Waals surface area contributed by atoms with Crippen molar-refractivity contribution in [1.82, 2.24) is 16.2 Å². The van der Waals surface area contributed by atoms with Crippen LogP contribution in [0.2, 0.25) is 0 Å². The summed E-state index contributed by atoms with van der Waals surface area (Å²) in [7, 11) is 1.66. The third-order valence-corrected chi connectivity index (χ3v) is 2.30. The molecule has 1 aromatic carbocycles. The number of nitrogens with one attached hydrogen (secondary N) is 3. The molecule has 0 aliphatic carbocycles. The molecule has 3 N–H and O–H groups in total. The molecule has 6 heteroatoms. The molecule has 0 heterocycles. The lowest BCUT2D eigenvalue weighted by Crippen LogP contribution is -2.44. The van der Waals surface area contributed by atoms with Crippen LogP contribution in [0.25, 0.3) is 0 Å². The number of benzene rings is 1. The number of amides is 1. The monoisotopic (exact) mass is 287 g/mol. The number of carbonyl (C=O) groups is 1. The van der Waals surface area contributed by atoms with Crippen LogP contribution in [0.3, 0.4) is 0 Å². The van der Waals surface area contributed by atoms with Crippen molar-refractivity contribution in [2.75, 3.05) is 7.05 Å². The van der Waals surface area contributed by atoms with Gasteiger partial charge in [0.1, 0.15) is 0 Å². The summed E-state index contributed by atoms with van der Waals surface area (Å²) >= 11 is 8.13. The Bertz CT molecular complexity index is 366. The van der Waals surface area contributed by atoms with Crippen LogP contribution in [0.15, 0.2) is 28.7 Å². The van der Waals surface area contributed by atoms with E-state index in [1.165, 1.54) is 0 Å². The maximum absolute atomic E-state index is 11.6. The lowest BCUT2D eigenvalue weighted by atomic mass is 10.2. The molecule has 0 aliphatic rings. The van der Waals surface area contributed by atoms with Crippen molar-refractivity contribution in [1.29, 1.82) is 0 Å². The van der Waals surface area contributed by atoms with Gasteiger partial charge in [0.25, 0.3) is 5.91 Å². The Morgan fingerprint density at radius 3 is 2.47 bits per heavy atom. The first-order valence-corrected chi connectivity index (χ1v) is 5.37. The molecule has 0 radical (unpaired) electrons. The lowest BCUT2D eigenvalue weighted by molar-refractivity contribution is 0.0976. The van der Waals surface area contributed by atoms with Crippen molar-refractivity contribution in [3.8, 4) is 0 Å². The summed E-state index contributed by atoms with van der Waals surface area (Å²) in [4.78, 5) is 11.6. The highest BCUT2D eigenvalue weighted by molar-refractivity contribution is 9.10. The molecule has 0 atom stereocenters. The van der Waals surface area contributed by atoms with E-state index in [1.54, 1.807) is 31.3 Å². The van der Waals surface area contributed by atoms with E-state index in [0.29, 0.717) is 5.56 Å². The average Bonchev–Trinajstić information content (AvgIpc) is 2.18. The second kappa shape index (κ2) is 5.79. The summed E-state index contributed by atoms with van der Waals surface area (Å²) in [5.74, 6) is -0.241. The van der Waals surface area contributed by atoms with Gasteiger partial charge in [-0.25, -0.2) is 5.43 Å². The second-order valence-corrected chi connectivity index (χ2v) is 3.99. The van der Waals surface area contributed by atoms with Crippen molar-refractivity contribution in [2.24, 2.45) is 0 Å². The summed E-state index contributed by atoms with van der Waals surface area (Å²) in [6.45, 7) is 0. The molecule has 0 saturated carbocycles. The van der Waals surface area contributed by atoms with Crippen LogP contribution in [0.4, 0.5) is 0 Å². The van der Waals surface area contributed by atoms with Crippen LogP contribution >= 0.6 is 28.1 Å². The van der Waals surface area contributed by atoms with Crippen LogP contribution in [-0.2, 0) is 0 Å². The summed E-state index contributed by atoms with van der Waals surface area (Å²) in [5, 5.41) is 2.76. The molecule has 0 unspecified atom stereocenters. The van der Waals surface area contributed by atoms with Crippen LogP contribution < -0.4 is 16.2 Å². The fourth-order valence-electron chi connectivity index (χ4n) is 0.921. The van der Waals surface area contributed by atoms with Crippen molar-refractivity contribution in [2.45, 2.75) is 0 Å². The number of rotatable bonds is 2. The zero-order valence-electron chi connectivity index (χ0n) is 8.00. The van der Waals surface area contributed by atoms with Gasteiger partial charge in [0.15, 0.2) is 5.11 Å². The molecule has 0 aromatic heterocycles. The van der Waals surface area contributed by atoms with Gasteiger partial charge in [-0.05, 0) is 36.5 Å². The zero-order valence-corrected chi connectivity index (χ0v) is 10.4. The Kier molecular flexibility index (Phi) is 4.67. The van der Waals surface area contributed by atoms with Gasteiger partial charge in [-0.15, -0.1) is 0 Å². The minimum Gasteiger partial charge on any atom is -0.298 e. The Morgan fingerprint density at radius 1 is 1.33 bits per heavy atom. The molecule has 80 valence electrons. The van der Waals surface area contributed by atoms with Gasteiger partial charge in [0, 0.05) is 17.1 Å². The Labute approximate surface area is 102 Å². The molecular weight excluding hydrogens is 278 g/mol. The van der Waals surface area contributed by atoms with E-state index in [0.717, 1.165) is 4.47 Å². The van der Waals surface area contributed by atoms with Gasteiger partial charge in [0.05, 0.1) is 0 Å². The van der Waals surface area contributed by atoms with Gasteiger partial charge in [-0.2, -0.15) is 0 Å². The van der Waals surface area contributed by atoms with Gasteiger partial charge < -0.3 is 0 Å². The maximum Gasteiger partial charge on any atom is 0.257 e. The quantitative estimate of drug-likeness (QED) is 0.565. The number of halogens is 1. The second-order valence-electron chi connectivity index (χ2n) is 2.67. The normalized spacial score (nSPS) is 9.47. The molecule has 0 fully saturated rings. The fraction of sp³-hybridized carbons (Fsp3) is 0.111. The van der Waals surface area contributed by atoms with E-state index in [2.05, 4.69) is 32.1 Å². The van der Waals surface area contributed by atoms with Crippen LogP contribution in [0.1, 0.15) is 10.4 Å². The number of hydrogen-bond acceptors (Lipinski definition) is 3. The van der Waals surface area contributed by atoms with Crippen LogP contribution in [0, 0.1) is 0 Å². The molecule has 4 nitrogen and oxygen atoms in total. The third-order valence-electron chi connectivity index (χ3n) is 1.57. The van der Waals surface area contributed by atoms with E-state index in [9.17, 15) is 4.79 Å². The summed E-state index contributed by atoms with van der Waals surface area (Å²) < 4.78 is 0.926. The highest BCUT2D eigenvalue weighted by atomic mass is 79.9. The van der Waals surface area contributed by atoms with E-state index >= 15 is 0 Å². The van der Waals surface area contributed by atoms with Crippen molar-refractivity contribution in [3.05, 3.63) is 34.3 Å². The van der Waals surface area contributed by atoms with Crippen LogP contribution in [-0.4, -0.2) is 18.1 Å².